The molecule has 0 aromatic carbocycles. The molecule has 90 valence electrons. The highest BCUT2D eigenvalue weighted by atomic mass is 16.5. The molecule has 1 heterocycles. The molecule has 0 spiro atoms. The zero-order chi connectivity index (χ0) is 11.3. The molecule has 0 amide bonds. The van der Waals surface area contributed by atoms with Gasteiger partial charge >= 0.3 is 0 Å². The van der Waals surface area contributed by atoms with Crippen LogP contribution in [0, 0.1) is 17.3 Å². The first kappa shape index (κ1) is 10.7. The van der Waals surface area contributed by atoms with Gasteiger partial charge in [0.05, 0.1) is 19.3 Å². The maximum absolute atomic E-state index is 12.1. The molecule has 3 heteroatoms. The van der Waals surface area contributed by atoms with Gasteiger partial charge in [-0.05, 0) is 23.7 Å². The Morgan fingerprint density at radius 3 is 2.62 bits per heavy atom. The number of Topliss-reactive ketones (excluding diaryl/α,β-unsaturated/α-hetero) is 1. The Hall–Kier alpha value is -0.410. The highest BCUT2D eigenvalue weighted by Crippen LogP contribution is 2.59. The van der Waals surface area contributed by atoms with Crippen LogP contribution in [0.3, 0.4) is 0 Å². The molecule has 4 fully saturated rings. The third-order valence-corrected chi connectivity index (χ3v) is 5.14. The molecule has 0 N–H and O–H groups in total. The van der Waals surface area contributed by atoms with Crippen LogP contribution in [-0.4, -0.2) is 43.0 Å². The number of morpholine rings is 1. The van der Waals surface area contributed by atoms with Crippen molar-refractivity contribution in [3.63, 3.8) is 0 Å². The van der Waals surface area contributed by atoms with Crippen molar-refractivity contribution in [3.8, 4) is 0 Å². The van der Waals surface area contributed by atoms with Gasteiger partial charge < -0.3 is 4.74 Å². The Bertz CT molecular complexity index is 307. The molecule has 3 nitrogen and oxygen atoms in total. The molecule has 1 saturated heterocycles. The fourth-order valence-electron chi connectivity index (χ4n) is 3.84. The van der Waals surface area contributed by atoms with Crippen LogP contribution in [0.1, 0.15) is 26.7 Å². The van der Waals surface area contributed by atoms with E-state index in [1.807, 2.05) is 0 Å². The van der Waals surface area contributed by atoms with Gasteiger partial charge in [-0.3, -0.25) is 9.69 Å². The number of nitrogens with zero attached hydrogens (tertiary/aromatic N) is 1. The number of carbonyl (C=O) groups excluding carboxylic acids is 1. The normalized spacial score (nSPS) is 42.9. The Kier molecular flexibility index (Phi) is 2.37. The van der Waals surface area contributed by atoms with E-state index >= 15 is 0 Å². The van der Waals surface area contributed by atoms with Gasteiger partial charge in [-0.25, -0.2) is 0 Å². The molecule has 3 atom stereocenters. The lowest BCUT2D eigenvalue weighted by molar-refractivity contribution is -0.163. The predicted octanol–water partition coefficient (Wildman–Crippen LogP) is 1.32. The summed E-state index contributed by atoms with van der Waals surface area (Å²) < 4.78 is 5.37. The minimum Gasteiger partial charge on any atom is -0.379 e. The largest absolute Gasteiger partial charge is 0.379 e. The van der Waals surface area contributed by atoms with Crippen LogP contribution in [0.25, 0.3) is 0 Å². The van der Waals surface area contributed by atoms with Crippen molar-refractivity contribution in [3.05, 3.63) is 0 Å². The Labute approximate surface area is 97.1 Å². The Morgan fingerprint density at radius 1 is 1.31 bits per heavy atom. The molecule has 0 aromatic heterocycles. The SMILES string of the molecule is CC1(C)[C@@H]2CC(=O)[C@H](N3CCOCC3)[C@H]1C2. The van der Waals surface area contributed by atoms with Gasteiger partial charge in [0.2, 0.25) is 0 Å². The molecule has 16 heavy (non-hydrogen) atoms. The number of ether oxygens (including phenoxy) is 1. The number of ketones is 1. The van der Waals surface area contributed by atoms with E-state index in [-0.39, 0.29) is 6.04 Å². The number of rotatable bonds is 1. The van der Waals surface area contributed by atoms with Gasteiger partial charge in [0.25, 0.3) is 0 Å². The van der Waals surface area contributed by atoms with Gasteiger partial charge in [-0.1, -0.05) is 13.8 Å². The highest BCUT2D eigenvalue weighted by Gasteiger charge is 2.58. The third-order valence-electron chi connectivity index (χ3n) is 5.14. The molecule has 4 rings (SSSR count). The van der Waals surface area contributed by atoms with E-state index in [1.165, 1.54) is 6.42 Å². The summed E-state index contributed by atoms with van der Waals surface area (Å²) >= 11 is 0. The predicted molar refractivity (Wildman–Crippen MR) is 61.2 cm³/mol. The smallest absolute Gasteiger partial charge is 0.150 e. The Balaban J connectivity index is 1.79. The zero-order valence-electron chi connectivity index (χ0n) is 10.2. The average molecular weight is 223 g/mol. The van der Waals surface area contributed by atoms with Crippen molar-refractivity contribution >= 4 is 5.78 Å². The zero-order valence-corrected chi connectivity index (χ0v) is 10.2. The second-order valence-corrected chi connectivity index (χ2v) is 6.12. The fraction of sp³-hybridized carbons (Fsp3) is 0.923. The summed E-state index contributed by atoms with van der Waals surface area (Å²) in [6.45, 7) is 8.14. The van der Waals surface area contributed by atoms with Crippen LogP contribution >= 0.6 is 0 Å². The van der Waals surface area contributed by atoms with E-state index in [2.05, 4.69) is 18.7 Å². The lowest BCUT2D eigenvalue weighted by Gasteiger charge is -2.61. The number of hydrogen-bond donors (Lipinski definition) is 0. The van der Waals surface area contributed by atoms with Gasteiger partial charge in [0, 0.05) is 19.5 Å². The number of fused-ring (bicyclic) bond motifs is 2. The number of hydrogen-bond acceptors (Lipinski definition) is 3. The summed E-state index contributed by atoms with van der Waals surface area (Å²) in [6, 6.07) is 0.198. The summed E-state index contributed by atoms with van der Waals surface area (Å²) in [7, 11) is 0. The molecule has 0 radical (unpaired) electrons. The van der Waals surface area contributed by atoms with E-state index in [4.69, 9.17) is 4.74 Å². The minimum absolute atomic E-state index is 0.198. The quantitative estimate of drug-likeness (QED) is 0.671. The van der Waals surface area contributed by atoms with E-state index < -0.39 is 0 Å². The van der Waals surface area contributed by atoms with Crippen LogP contribution < -0.4 is 0 Å². The van der Waals surface area contributed by atoms with Crippen molar-refractivity contribution in [1.82, 2.24) is 4.90 Å². The van der Waals surface area contributed by atoms with E-state index in [0.29, 0.717) is 23.0 Å². The van der Waals surface area contributed by atoms with Crippen LogP contribution in [-0.2, 0) is 9.53 Å². The van der Waals surface area contributed by atoms with Gasteiger partial charge in [0.1, 0.15) is 0 Å². The number of carbonyl (C=O) groups is 1. The fourth-order valence-corrected chi connectivity index (χ4v) is 3.84. The van der Waals surface area contributed by atoms with Crippen molar-refractivity contribution in [2.24, 2.45) is 17.3 Å². The Morgan fingerprint density at radius 2 is 2.00 bits per heavy atom. The summed E-state index contributed by atoms with van der Waals surface area (Å²) in [5, 5.41) is 0. The maximum Gasteiger partial charge on any atom is 0.150 e. The summed E-state index contributed by atoms with van der Waals surface area (Å²) in [6.07, 6.45) is 2.08. The van der Waals surface area contributed by atoms with Crippen molar-refractivity contribution in [1.29, 1.82) is 0 Å². The van der Waals surface area contributed by atoms with Gasteiger partial charge in [-0.2, -0.15) is 0 Å². The van der Waals surface area contributed by atoms with Gasteiger partial charge in [0.15, 0.2) is 5.78 Å². The van der Waals surface area contributed by atoms with Gasteiger partial charge in [-0.15, -0.1) is 0 Å². The lowest BCUT2D eigenvalue weighted by Crippen LogP contribution is -2.65. The minimum atomic E-state index is 0.198. The highest BCUT2D eigenvalue weighted by molar-refractivity contribution is 5.87. The lowest BCUT2D eigenvalue weighted by atomic mass is 9.46. The standard InChI is InChI=1S/C13H21NO2/c1-13(2)9-7-10(13)12(11(15)8-9)14-3-5-16-6-4-14/h9-10,12H,3-8H2,1-2H3/t9-,10+,12+/m0/s1. The van der Waals surface area contributed by atoms with Crippen molar-refractivity contribution < 1.29 is 9.53 Å². The molecule has 0 aromatic rings. The first-order valence-corrected chi connectivity index (χ1v) is 6.45. The molecular formula is C13H21NO2. The molecule has 3 saturated carbocycles. The van der Waals surface area contributed by atoms with E-state index in [0.717, 1.165) is 32.7 Å². The maximum atomic E-state index is 12.1. The van der Waals surface area contributed by atoms with Crippen LogP contribution in [0.2, 0.25) is 0 Å². The topological polar surface area (TPSA) is 29.5 Å². The molecule has 4 aliphatic rings. The van der Waals surface area contributed by atoms with Crippen molar-refractivity contribution in [2.75, 3.05) is 26.3 Å². The van der Waals surface area contributed by atoms with Crippen molar-refractivity contribution in [2.45, 2.75) is 32.7 Å². The summed E-state index contributed by atoms with van der Waals surface area (Å²) in [5.41, 5.74) is 0.386. The summed E-state index contributed by atoms with van der Waals surface area (Å²) in [4.78, 5) is 14.5. The second-order valence-electron chi connectivity index (χ2n) is 6.12. The molecule has 3 aliphatic carbocycles. The summed E-state index contributed by atoms with van der Waals surface area (Å²) in [5.74, 6) is 1.74. The molecule has 2 bridgehead atoms. The first-order chi connectivity index (χ1) is 7.60. The van der Waals surface area contributed by atoms with Crippen LogP contribution in [0.5, 0.6) is 0 Å². The molecule has 1 aliphatic heterocycles. The molecular weight excluding hydrogens is 202 g/mol. The third kappa shape index (κ3) is 1.37. The monoisotopic (exact) mass is 223 g/mol. The van der Waals surface area contributed by atoms with E-state index in [9.17, 15) is 4.79 Å². The first-order valence-electron chi connectivity index (χ1n) is 6.45. The van der Waals surface area contributed by atoms with E-state index in [1.54, 1.807) is 0 Å². The average Bonchev–Trinajstić information content (AvgIpc) is 2.29. The molecule has 0 unspecified atom stereocenters. The van der Waals surface area contributed by atoms with Crippen LogP contribution in [0.15, 0.2) is 0 Å². The van der Waals surface area contributed by atoms with Crippen LogP contribution in [0.4, 0.5) is 0 Å². The second kappa shape index (κ2) is 3.54.